The van der Waals surface area contributed by atoms with Gasteiger partial charge in [-0.1, -0.05) is 171 Å². The summed E-state index contributed by atoms with van der Waals surface area (Å²) in [6, 6.07) is 76.1. The van der Waals surface area contributed by atoms with E-state index in [1.54, 1.807) is 0 Å². The van der Waals surface area contributed by atoms with E-state index in [4.69, 9.17) is 0 Å². The topological polar surface area (TPSA) is 4.93 Å². The van der Waals surface area contributed by atoms with Crippen LogP contribution in [0.2, 0.25) is 0 Å². The van der Waals surface area contributed by atoms with Crippen molar-refractivity contribution in [1.29, 1.82) is 0 Å². The van der Waals surface area contributed by atoms with Gasteiger partial charge in [0.25, 0.3) is 0 Å². The molecule has 9 aromatic carbocycles. The molecule has 0 aliphatic heterocycles. The van der Waals surface area contributed by atoms with Crippen molar-refractivity contribution in [3.8, 4) is 50.2 Å². The van der Waals surface area contributed by atoms with E-state index in [2.05, 4.69) is 225 Å². The predicted octanol–water partition coefficient (Wildman–Crippen LogP) is 16.3. The zero-order valence-corrected chi connectivity index (χ0v) is 33.9. The highest BCUT2D eigenvalue weighted by Gasteiger charge is 2.21. The number of para-hydroxylation sites is 1. The van der Waals surface area contributed by atoms with E-state index >= 15 is 0 Å². The fourth-order valence-electron chi connectivity index (χ4n) is 9.29. The van der Waals surface area contributed by atoms with Gasteiger partial charge in [-0.3, -0.25) is 0 Å². The molecule has 0 N–H and O–H groups in total. The maximum absolute atomic E-state index is 2.45. The highest BCUT2D eigenvalue weighted by molar-refractivity contribution is 7.25. The first-order valence-electron chi connectivity index (χ1n) is 20.5. The van der Waals surface area contributed by atoms with Gasteiger partial charge in [-0.05, 0) is 111 Å². The summed E-state index contributed by atoms with van der Waals surface area (Å²) in [6.07, 6.45) is 0. The van der Waals surface area contributed by atoms with Crippen LogP contribution in [-0.2, 0) is 0 Å². The predicted molar refractivity (Wildman–Crippen MR) is 254 cm³/mol. The molecule has 1 atom stereocenters. The minimum atomic E-state index is 0.180. The van der Waals surface area contributed by atoms with Crippen LogP contribution in [0.3, 0.4) is 0 Å². The summed E-state index contributed by atoms with van der Waals surface area (Å²) in [5, 5.41) is 5.14. The van der Waals surface area contributed by atoms with Gasteiger partial charge in [0.05, 0.1) is 11.0 Å². The summed E-state index contributed by atoms with van der Waals surface area (Å²) in [7, 11) is 0. The van der Waals surface area contributed by atoms with Gasteiger partial charge in [-0.15, -0.1) is 11.3 Å². The van der Waals surface area contributed by atoms with Crippen LogP contribution in [0.5, 0.6) is 0 Å². The van der Waals surface area contributed by atoms with Crippen molar-refractivity contribution < 1.29 is 0 Å². The lowest BCUT2D eigenvalue weighted by atomic mass is 9.82. The molecule has 280 valence electrons. The number of hydrogen-bond acceptors (Lipinski definition) is 1. The Morgan fingerprint density at radius 3 is 1.76 bits per heavy atom. The van der Waals surface area contributed by atoms with Gasteiger partial charge in [0.15, 0.2) is 0 Å². The molecule has 0 aliphatic carbocycles. The molecule has 0 bridgehead atoms. The number of thiophene rings is 1. The molecule has 0 aliphatic rings. The first-order valence-corrected chi connectivity index (χ1v) is 21.3. The number of aryl methyl sites for hydroxylation is 1. The molecule has 59 heavy (non-hydrogen) atoms. The van der Waals surface area contributed by atoms with Crippen molar-refractivity contribution in [3.05, 3.63) is 223 Å². The molecular weight excluding hydrogens is 731 g/mol. The van der Waals surface area contributed by atoms with E-state index < -0.39 is 0 Å². The summed E-state index contributed by atoms with van der Waals surface area (Å²) in [5.74, 6) is 0.180. The van der Waals surface area contributed by atoms with Crippen LogP contribution in [0.15, 0.2) is 206 Å². The van der Waals surface area contributed by atoms with E-state index in [1.165, 1.54) is 109 Å². The minimum absolute atomic E-state index is 0.180. The molecule has 0 radical (unpaired) electrons. The molecule has 0 saturated heterocycles. The third-order valence-corrected chi connectivity index (χ3v) is 13.4. The summed E-state index contributed by atoms with van der Waals surface area (Å²) < 4.78 is 5.06. The minimum Gasteiger partial charge on any atom is -0.309 e. The smallest absolute Gasteiger partial charge is 0.0541 e. The molecule has 1 nitrogen and oxygen atoms in total. The summed E-state index contributed by atoms with van der Waals surface area (Å²) >= 11 is 1.88. The Balaban J connectivity index is 1.03. The van der Waals surface area contributed by atoms with Crippen molar-refractivity contribution in [3.63, 3.8) is 0 Å². The highest BCUT2D eigenvalue weighted by atomic mass is 32.1. The van der Waals surface area contributed by atoms with Crippen LogP contribution < -0.4 is 0 Å². The molecule has 0 saturated carbocycles. The van der Waals surface area contributed by atoms with Crippen molar-refractivity contribution >= 4 is 53.3 Å². The van der Waals surface area contributed by atoms with Crippen molar-refractivity contribution in [1.82, 2.24) is 4.57 Å². The van der Waals surface area contributed by atoms with Crippen LogP contribution in [0.4, 0.5) is 0 Å². The molecule has 11 aromatic rings. The van der Waals surface area contributed by atoms with Crippen molar-refractivity contribution in [2.45, 2.75) is 19.8 Å². The lowest BCUT2D eigenvalue weighted by Crippen LogP contribution is -2.02. The Kier molecular flexibility index (Phi) is 8.61. The van der Waals surface area contributed by atoms with Gasteiger partial charge >= 0.3 is 0 Å². The lowest BCUT2D eigenvalue weighted by molar-refractivity contribution is 0.927. The monoisotopic (exact) mass is 771 g/mol. The standard InChI is InChI=1S/C57H41NS/c1-37-15-9-10-20-45(37)52-33-41(25-29-47(52)38(2)46-21-11-12-22-48(46)40-18-7-4-8-19-40)42-27-32-55-53(34-42)49-23-13-14-24-54(49)58(55)44-28-31-51-50-30-26-43(39-16-5-3-6-17-39)35-56(50)59-57(51)36-44/h3-36,38H,1-2H3/t38-/m0/s1. The maximum atomic E-state index is 2.45. The second kappa shape index (κ2) is 14.4. The number of rotatable bonds is 7. The first kappa shape index (κ1) is 35.2. The molecule has 2 aromatic heterocycles. The van der Waals surface area contributed by atoms with Crippen molar-refractivity contribution in [2.24, 2.45) is 0 Å². The van der Waals surface area contributed by atoms with Crippen molar-refractivity contribution in [2.75, 3.05) is 0 Å². The first-order chi connectivity index (χ1) is 29.1. The normalized spacial score (nSPS) is 12.2. The molecule has 0 spiro atoms. The van der Waals surface area contributed by atoms with Crippen LogP contribution >= 0.6 is 11.3 Å². The van der Waals surface area contributed by atoms with Gasteiger partial charge in [0, 0.05) is 42.6 Å². The quantitative estimate of drug-likeness (QED) is 0.152. The second-order valence-electron chi connectivity index (χ2n) is 15.7. The van der Waals surface area contributed by atoms with Crippen LogP contribution in [0.1, 0.15) is 29.5 Å². The Bertz CT molecular complexity index is 3350. The molecule has 2 heterocycles. The molecular formula is C57H41NS. The van der Waals surface area contributed by atoms with Gasteiger partial charge in [0.1, 0.15) is 0 Å². The van der Waals surface area contributed by atoms with E-state index in [1.807, 2.05) is 11.3 Å². The second-order valence-corrected chi connectivity index (χ2v) is 16.8. The van der Waals surface area contributed by atoms with Crippen LogP contribution in [0.25, 0.3) is 92.2 Å². The van der Waals surface area contributed by atoms with E-state index in [0.717, 1.165) is 0 Å². The Morgan fingerprint density at radius 2 is 0.949 bits per heavy atom. The molecule has 0 fully saturated rings. The van der Waals surface area contributed by atoms with E-state index in [0.29, 0.717) is 0 Å². The third-order valence-electron chi connectivity index (χ3n) is 12.3. The fraction of sp³-hybridized carbons (Fsp3) is 0.0526. The third kappa shape index (κ3) is 6.07. The Morgan fingerprint density at radius 1 is 0.373 bits per heavy atom. The average molecular weight is 772 g/mol. The number of fused-ring (bicyclic) bond motifs is 6. The highest BCUT2D eigenvalue weighted by Crippen LogP contribution is 2.43. The summed E-state index contributed by atoms with van der Waals surface area (Å²) in [4.78, 5) is 0. The van der Waals surface area contributed by atoms with Gasteiger partial charge in [-0.25, -0.2) is 0 Å². The van der Waals surface area contributed by atoms with Gasteiger partial charge in [-0.2, -0.15) is 0 Å². The summed E-state index contributed by atoms with van der Waals surface area (Å²) in [6.45, 7) is 4.59. The Labute approximate surface area is 349 Å². The molecule has 11 rings (SSSR count). The molecule has 0 amide bonds. The number of aromatic nitrogens is 1. The number of benzene rings is 9. The van der Waals surface area contributed by atoms with Gasteiger partial charge in [0.2, 0.25) is 0 Å². The summed E-state index contributed by atoms with van der Waals surface area (Å²) in [5.41, 5.74) is 17.6. The average Bonchev–Trinajstić information content (AvgIpc) is 3.84. The zero-order chi connectivity index (χ0) is 39.5. The van der Waals surface area contributed by atoms with E-state index in [-0.39, 0.29) is 5.92 Å². The maximum Gasteiger partial charge on any atom is 0.0541 e. The van der Waals surface area contributed by atoms with Crippen LogP contribution in [0, 0.1) is 6.92 Å². The van der Waals surface area contributed by atoms with Gasteiger partial charge < -0.3 is 4.57 Å². The van der Waals surface area contributed by atoms with Crippen LogP contribution in [-0.4, -0.2) is 4.57 Å². The zero-order valence-electron chi connectivity index (χ0n) is 33.1. The Hall–Kier alpha value is -7.00. The SMILES string of the molecule is Cc1ccccc1-c1cc(-c2ccc3c(c2)c2ccccc2n3-c2ccc3c(c2)sc2cc(-c4ccccc4)ccc23)ccc1[C@@H](C)c1ccccc1-c1ccccc1. The number of hydrogen-bond donors (Lipinski definition) is 0. The molecule has 0 unspecified atom stereocenters. The van der Waals surface area contributed by atoms with E-state index in [9.17, 15) is 0 Å². The number of nitrogens with zero attached hydrogens (tertiary/aromatic N) is 1. The molecule has 2 heteroatoms. The lowest BCUT2D eigenvalue weighted by Gasteiger charge is -2.22. The fourth-order valence-corrected chi connectivity index (χ4v) is 10.5. The largest absolute Gasteiger partial charge is 0.309 e.